The molecule has 0 aromatic carbocycles. The van der Waals surface area contributed by atoms with E-state index in [0.29, 0.717) is 11.5 Å². The van der Waals surface area contributed by atoms with Gasteiger partial charge in [-0.1, -0.05) is 31.6 Å². The number of aryl methyl sites for hydroxylation is 1. The van der Waals surface area contributed by atoms with Crippen LogP contribution in [0.25, 0.3) is 0 Å². The van der Waals surface area contributed by atoms with Crippen LogP contribution >= 0.6 is 0 Å². The predicted molar refractivity (Wildman–Crippen MR) is 121 cm³/mol. The summed E-state index contributed by atoms with van der Waals surface area (Å²) < 4.78 is 12.2. The molecule has 1 aromatic rings. The second-order valence-corrected chi connectivity index (χ2v) is 10.7. The summed E-state index contributed by atoms with van der Waals surface area (Å²) in [6, 6.07) is 0. The van der Waals surface area contributed by atoms with Gasteiger partial charge in [0.05, 0.1) is 0 Å². The third kappa shape index (κ3) is 2.38. The lowest BCUT2D eigenvalue weighted by Gasteiger charge is -2.63. The van der Waals surface area contributed by atoms with Crippen molar-refractivity contribution in [3.8, 4) is 5.75 Å². The van der Waals surface area contributed by atoms with Gasteiger partial charge in [0, 0.05) is 11.0 Å². The third-order valence-electron chi connectivity index (χ3n) is 9.34. The number of fused-ring (bicyclic) bond motifs is 5. The number of ether oxygens (including phenoxy) is 1. The summed E-state index contributed by atoms with van der Waals surface area (Å²) in [7, 11) is 0. The van der Waals surface area contributed by atoms with Crippen molar-refractivity contribution in [1.29, 1.82) is 0 Å². The molecule has 5 heteroatoms. The van der Waals surface area contributed by atoms with Gasteiger partial charge in [-0.3, -0.25) is 4.79 Å². The fraction of sp³-hybridized carbons (Fsp3) is 0.556. The van der Waals surface area contributed by atoms with Gasteiger partial charge >= 0.3 is 5.63 Å². The highest BCUT2D eigenvalue weighted by Crippen LogP contribution is 2.69. The maximum absolute atomic E-state index is 12.8. The third-order valence-corrected chi connectivity index (χ3v) is 9.34. The molecule has 32 heavy (non-hydrogen) atoms. The molecular formula is C27H32O5. The Labute approximate surface area is 188 Å². The highest BCUT2D eigenvalue weighted by atomic mass is 16.5. The molecule has 0 saturated heterocycles. The van der Waals surface area contributed by atoms with Crippen LogP contribution in [0.3, 0.4) is 0 Å². The van der Waals surface area contributed by atoms with E-state index < -0.39 is 22.7 Å². The molecule has 0 bridgehead atoms. The summed E-state index contributed by atoms with van der Waals surface area (Å²) in [5, 5.41) is 11.7. The van der Waals surface area contributed by atoms with Gasteiger partial charge in [0.15, 0.2) is 11.4 Å². The van der Waals surface area contributed by atoms with Crippen LogP contribution in [0.15, 0.2) is 44.7 Å². The molecule has 0 amide bonds. The Morgan fingerprint density at radius 2 is 1.84 bits per heavy atom. The zero-order valence-electron chi connectivity index (χ0n) is 19.7. The first-order valence-corrected chi connectivity index (χ1v) is 11.6. The number of hydrogen-bond acceptors (Lipinski definition) is 5. The second-order valence-electron chi connectivity index (χ2n) is 10.7. The van der Waals surface area contributed by atoms with Gasteiger partial charge in [-0.2, -0.15) is 0 Å². The van der Waals surface area contributed by atoms with Crippen molar-refractivity contribution in [2.75, 3.05) is 0 Å². The van der Waals surface area contributed by atoms with Gasteiger partial charge in [0.2, 0.25) is 0 Å². The average Bonchev–Trinajstić information content (AvgIpc) is 2.98. The van der Waals surface area contributed by atoms with E-state index in [0.717, 1.165) is 36.0 Å². The van der Waals surface area contributed by atoms with Crippen molar-refractivity contribution in [3.63, 3.8) is 0 Å². The minimum Gasteiger partial charge on any atom is -0.478 e. The quantitative estimate of drug-likeness (QED) is 0.586. The summed E-state index contributed by atoms with van der Waals surface area (Å²) in [6.45, 7) is 12.1. The molecule has 2 heterocycles. The van der Waals surface area contributed by atoms with Gasteiger partial charge < -0.3 is 14.3 Å². The van der Waals surface area contributed by atoms with Gasteiger partial charge in [0.25, 0.3) is 0 Å². The van der Waals surface area contributed by atoms with E-state index in [-0.39, 0.29) is 28.6 Å². The van der Waals surface area contributed by atoms with Crippen molar-refractivity contribution in [2.45, 2.75) is 72.5 Å². The molecule has 1 spiro atoms. The van der Waals surface area contributed by atoms with Crippen LogP contribution in [0.5, 0.6) is 5.75 Å². The minimum atomic E-state index is -1.11. The van der Waals surface area contributed by atoms with Crippen molar-refractivity contribution < 1.29 is 19.1 Å². The molecule has 3 aliphatic carbocycles. The summed E-state index contributed by atoms with van der Waals surface area (Å²) >= 11 is 0. The monoisotopic (exact) mass is 436 g/mol. The number of ketones is 1. The lowest BCUT2D eigenvalue weighted by Crippen LogP contribution is -2.64. The fourth-order valence-electron chi connectivity index (χ4n) is 7.54. The summed E-state index contributed by atoms with van der Waals surface area (Å²) in [6.07, 6.45) is 9.17. The zero-order valence-corrected chi connectivity index (χ0v) is 19.7. The molecule has 6 atom stereocenters. The molecule has 1 aromatic heterocycles. The molecule has 2 unspecified atom stereocenters. The summed E-state index contributed by atoms with van der Waals surface area (Å²) in [4.78, 5) is 25.2. The number of carbonyl (C=O) groups is 1. The zero-order chi connectivity index (χ0) is 23.2. The smallest absolute Gasteiger partial charge is 0.345 e. The number of aliphatic hydroxyl groups excluding tert-OH is 1. The molecule has 4 aliphatic rings. The van der Waals surface area contributed by atoms with Crippen LogP contribution < -0.4 is 10.4 Å². The van der Waals surface area contributed by atoms with E-state index >= 15 is 0 Å². The van der Waals surface area contributed by atoms with Crippen LogP contribution in [0, 0.1) is 36.5 Å². The standard InChI is InChI=1S/C27H32O5/c1-14-13-18(28)9-11-25(5)19(14)10-12-26(6)20(25)8-7-15(2)27(26)23(29)21-22(32-27)16(3)17(4)31-24(21)30/h7,9,11,13,19-20,23,29H,8,10,12H2,1-6H3/t19?,20?,23-,25-,26+,27+/m0/s1. The highest BCUT2D eigenvalue weighted by Gasteiger charge is 2.69. The van der Waals surface area contributed by atoms with Crippen LogP contribution in [0.2, 0.25) is 0 Å². The van der Waals surface area contributed by atoms with Crippen LogP contribution in [-0.4, -0.2) is 16.5 Å². The van der Waals surface area contributed by atoms with Crippen molar-refractivity contribution in [3.05, 3.63) is 62.8 Å². The predicted octanol–water partition coefficient (Wildman–Crippen LogP) is 4.90. The number of allylic oxidation sites excluding steroid dienone is 5. The van der Waals surface area contributed by atoms with E-state index in [1.165, 1.54) is 0 Å². The average molecular weight is 437 g/mol. The summed E-state index contributed by atoms with van der Waals surface area (Å²) in [5.74, 6) is 1.39. The maximum Gasteiger partial charge on any atom is 0.345 e. The Kier molecular flexibility index (Phi) is 4.40. The van der Waals surface area contributed by atoms with Crippen molar-refractivity contribution in [2.24, 2.45) is 22.7 Å². The molecule has 170 valence electrons. The molecule has 0 radical (unpaired) electrons. The Hall–Kier alpha value is -2.40. The van der Waals surface area contributed by atoms with Gasteiger partial charge in [-0.15, -0.1) is 0 Å². The first-order chi connectivity index (χ1) is 15.0. The first kappa shape index (κ1) is 21.4. The van der Waals surface area contributed by atoms with Crippen LogP contribution in [0.1, 0.15) is 69.9 Å². The van der Waals surface area contributed by atoms with E-state index in [1.54, 1.807) is 19.1 Å². The maximum atomic E-state index is 12.8. The van der Waals surface area contributed by atoms with Crippen molar-refractivity contribution in [1.82, 2.24) is 0 Å². The Balaban J connectivity index is 1.72. The Bertz CT molecular complexity index is 1180. The molecule has 1 aliphatic heterocycles. The number of carbonyl (C=O) groups excluding carboxylic acids is 1. The lowest BCUT2D eigenvalue weighted by molar-refractivity contribution is -0.167. The topological polar surface area (TPSA) is 76.7 Å². The lowest BCUT2D eigenvalue weighted by atomic mass is 9.43. The number of hydrogen-bond donors (Lipinski definition) is 1. The van der Waals surface area contributed by atoms with E-state index in [9.17, 15) is 14.7 Å². The molecule has 5 rings (SSSR count). The largest absolute Gasteiger partial charge is 0.478 e. The molecule has 1 saturated carbocycles. The normalized spacial score (nSPS) is 40.1. The second kappa shape index (κ2) is 6.57. The number of rotatable bonds is 0. The number of aliphatic hydroxyl groups is 1. The molecular weight excluding hydrogens is 404 g/mol. The molecule has 5 nitrogen and oxygen atoms in total. The van der Waals surface area contributed by atoms with Crippen LogP contribution in [0.4, 0.5) is 0 Å². The molecule has 1 fully saturated rings. The van der Waals surface area contributed by atoms with Gasteiger partial charge in [-0.05, 0) is 81.9 Å². The Morgan fingerprint density at radius 3 is 2.56 bits per heavy atom. The first-order valence-electron chi connectivity index (χ1n) is 11.6. The van der Waals surface area contributed by atoms with E-state index in [2.05, 4.69) is 32.9 Å². The van der Waals surface area contributed by atoms with E-state index in [4.69, 9.17) is 9.15 Å². The highest BCUT2D eigenvalue weighted by molar-refractivity contribution is 6.00. The molecule has 1 N–H and O–H groups in total. The minimum absolute atomic E-state index is 0.0327. The van der Waals surface area contributed by atoms with Gasteiger partial charge in [0.1, 0.15) is 23.2 Å². The van der Waals surface area contributed by atoms with Gasteiger partial charge in [-0.25, -0.2) is 4.79 Å². The van der Waals surface area contributed by atoms with Crippen LogP contribution in [-0.2, 0) is 4.79 Å². The fourth-order valence-corrected chi connectivity index (χ4v) is 7.54. The van der Waals surface area contributed by atoms with Crippen molar-refractivity contribution >= 4 is 5.78 Å². The SMILES string of the molecule is CC1=CC(=O)C=C[C@@]2(C)C1CC[C@]1(C)C2CC=C(C)[C@]12Oc1c(C)c(C)oc(=O)c1[C@@H]2O. The Morgan fingerprint density at radius 1 is 1.12 bits per heavy atom. The van der Waals surface area contributed by atoms with E-state index in [1.807, 2.05) is 13.8 Å². The summed E-state index contributed by atoms with van der Waals surface area (Å²) in [5.41, 5.74) is 0.793.